The molecule has 1 aliphatic rings. The number of phenols is 2. The number of hydrazone groups is 1. The molecule has 0 radical (unpaired) electrons. The van der Waals surface area contributed by atoms with Gasteiger partial charge in [-0.2, -0.15) is 5.10 Å². The van der Waals surface area contributed by atoms with Gasteiger partial charge >= 0.3 is 0 Å². The molecule has 0 spiro atoms. The van der Waals surface area contributed by atoms with Crippen LogP contribution in [0.15, 0.2) is 29.4 Å². The van der Waals surface area contributed by atoms with E-state index in [1.807, 2.05) is 13.0 Å². The van der Waals surface area contributed by atoms with E-state index in [0.717, 1.165) is 18.9 Å². The second-order valence-corrected chi connectivity index (χ2v) is 5.82. The van der Waals surface area contributed by atoms with Crippen molar-refractivity contribution < 1.29 is 10.2 Å². The number of aromatic nitrogens is 2. The van der Waals surface area contributed by atoms with Crippen molar-refractivity contribution in [2.24, 2.45) is 5.10 Å². The zero-order valence-electron chi connectivity index (χ0n) is 13.6. The van der Waals surface area contributed by atoms with Crippen molar-refractivity contribution in [3.8, 4) is 11.5 Å². The predicted octanol–water partition coefficient (Wildman–Crippen LogP) is 2.63. The molecule has 1 aromatic heterocycles. The average Bonchev–Trinajstić information content (AvgIpc) is 2.57. The lowest BCUT2D eigenvalue weighted by Crippen LogP contribution is -2.30. The molecule has 2 aromatic rings. The molecule has 0 unspecified atom stereocenters. The number of rotatable bonds is 4. The summed E-state index contributed by atoms with van der Waals surface area (Å²) in [6.45, 7) is 3.88. The molecule has 0 aliphatic carbocycles. The van der Waals surface area contributed by atoms with Gasteiger partial charge < -0.3 is 15.1 Å². The van der Waals surface area contributed by atoms with E-state index >= 15 is 0 Å². The van der Waals surface area contributed by atoms with E-state index in [0.29, 0.717) is 17.2 Å². The van der Waals surface area contributed by atoms with Gasteiger partial charge in [0.1, 0.15) is 23.1 Å². The number of benzene rings is 1. The van der Waals surface area contributed by atoms with Crippen molar-refractivity contribution >= 4 is 17.9 Å². The lowest BCUT2D eigenvalue weighted by molar-refractivity contribution is 0.450. The van der Waals surface area contributed by atoms with Crippen LogP contribution in [0, 0.1) is 6.92 Å². The highest BCUT2D eigenvalue weighted by molar-refractivity contribution is 5.84. The predicted molar refractivity (Wildman–Crippen MR) is 93.8 cm³/mol. The fourth-order valence-corrected chi connectivity index (χ4v) is 2.70. The maximum Gasteiger partial charge on any atom is 0.152 e. The third-order valence-electron chi connectivity index (χ3n) is 3.90. The fraction of sp³-hybridized carbons (Fsp3) is 0.353. The molecular weight excluding hydrogens is 306 g/mol. The van der Waals surface area contributed by atoms with E-state index in [4.69, 9.17) is 0 Å². The largest absolute Gasteiger partial charge is 0.508 e. The van der Waals surface area contributed by atoms with Crippen LogP contribution < -0.4 is 10.3 Å². The Balaban J connectivity index is 1.72. The SMILES string of the molecule is Cc1nc(NN=Cc2ccc(O)cc2O)cc(N2CCCCC2)n1. The van der Waals surface area contributed by atoms with Gasteiger partial charge in [-0.25, -0.2) is 9.97 Å². The summed E-state index contributed by atoms with van der Waals surface area (Å²) in [6, 6.07) is 6.22. The smallest absolute Gasteiger partial charge is 0.152 e. The van der Waals surface area contributed by atoms with Crippen molar-refractivity contribution in [1.29, 1.82) is 0 Å². The van der Waals surface area contributed by atoms with Crippen LogP contribution in [0.3, 0.4) is 0 Å². The summed E-state index contributed by atoms with van der Waals surface area (Å²) in [5, 5.41) is 23.1. The summed E-state index contributed by atoms with van der Waals surface area (Å²) in [4.78, 5) is 11.1. The Kier molecular flexibility index (Phi) is 4.79. The van der Waals surface area contributed by atoms with Crippen LogP contribution in [0.4, 0.5) is 11.6 Å². The summed E-state index contributed by atoms with van der Waals surface area (Å²) in [5.41, 5.74) is 3.38. The average molecular weight is 327 g/mol. The monoisotopic (exact) mass is 327 g/mol. The number of nitrogens with zero attached hydrogens (tertiary/aromatic N) is 4. The van der Waals surface area contributed by atoms with Crippen LogP contribution in [0.2, 0.25) is 0 Å². The topological polar surface area (TPSA) is 93.9 Å². The molecule has 126 valence electrons. The fourth-order valence-electron chi connectivity index (χ4n) is 2.70. The van der Waals surface area contributed by atoms with E-state index in [1.165, 1.54) is 37.6 Å². The number of hydrogen-bond donors (Lipinski definition) is 3. The van der Waals surface area contributed by atoms with Crippen LogP contribution in [-0.2, 0) is 0 Å². The Morgan fingerprint density at radius 1 is 1.12 bits per heavy atom. The van der Waals surface area contributed by atoms with Gasteiger partial charge in [0.2, 0.25) is 0 Å². The van der Waals surface area contributed by atoms with Gasteiger partial charge in [0.15, 0.2) is 5.82 Å². The molecule has 1 fully saturated rings. The highest BCUT2D eigenvalue weighted by Gasteiger charge is 2.13. The molecule has 0 amide bonds. The first-order chi connectivity index (χ1) is 11.6. The Hall–Kier alpha value is -2.83. The first kappa shape index (κ1) is 16.0. The third-order valence-corrected chi connectivity index (χ3v) is 3.90. The molecule has 0 atom stereocenters. The molecule has 0 bridgehead atoms. The zero-order chi connectivity index (χ0) is 16.9. The zero-order valence-corrected chi connectivity index (χ0v) is 13.6. The van der Waals surface area contributed by atoms with Crippen LogP contribution in [0.1, 0.15) is 30.7 Å². The standard InChI is InChI=1S/C17H21N5O2/c1-12-19-16(10-17(20-12)22-7-3-2-4-8-22)21-18-11-13-5-6-14(23)9-15(13)24/h5-6,9-11,23-24H,2-4,7-8H2,1H3,(H,19,20,21). The molecule has 1 aromatic carbocycles. The van der Waals surface area contributed by atoms with Gasteiger partial charge in [-0.1, -0.05) is 0 Å². The van der Waals surface area contributed by atoms with Gasteiger partial charge in [-0.3, -0.25) is 5.43 Å². The van der Waals surface area contributed by atoms with Crippen LogP contribution in [-0.4, -0.2) is 39.5 Å². The molecule has 3 rings (SSSR count). The number of anilines is 2. The molecule has 2 heterocycles. The summed E-state index contributed by atoms with van der Waals surface area (Å²) in [7, 11) is 0. The number of aryl methyl sites for hydroxylation is 1. The Labute approximate surface area is 140 Å². The van der Waals surface area contributed by atoms with E-state index in [2.05, 4.69) is 25.4 Å². The molecule has 1 saturated heterocycles. The highest BCUT2D eigenvalue weighted by atomic mass is 16.3. The van der Waals surface area contributed by atoms with Gasteiger partial charge in [0.25, 0.3) is 0 Å². The number of aromatic hydroxyl groups is 2. The lowest BCUT2D eigenvalue weighted by Gasteiger charge is -2.27. The van der Waals surface area contributed by atoms with Crippen LogP contribution in [0.5, 0.6) is 11.5 Å². The summed E-state index contributed by atoms with van der Waals surface area (Å²) < 4.78 is 0. The minimum atomic E-state index is -0.0339. The summed E-state index contributed by atoms with van der Waals surface area (Å²) >= 11 is 0. The van der Waals surface area contributed by atoms with Crippen molar-refractivity contribution in [1.82, 2.24) is 9.97 Å². The Bertz CT molecular complexity index is 742. The van der Waals surface area contributed by atoms with Crippen LogP contribution in [0.25, 0.3) is 0 Å². The number of phenolic OH excluding ortho intramolecular Hbond substituents is 2. The van der Waals surface area contributed by atoms with Crippen LogP contribution >= 0.6 is 0 Å². The van der Waals surface area contributed by atoms with Gasteiger partial charge in [-0.15, -0.1) is 0 Å². The normalized spacial score (nSPS) is 15.0. The number of nitrogens with one attached hydrogen (secondary N) is 1. The third kappa shape index (κ3) is 3.92. The molecule has 7 heteroatoms. The van der Waals surface area contributed by atoms with Crippen molar-refractivity contribution in [2.75, 3.05) is 23.4 Å². The van der Waals surface area contributed by atoms with Crippen molar-refractivity contribution in [3.05, 3.63) is 35.7 Å². The first-order valence-corrected chi connectivity index (χ1v) is 8.03. The molecular formula is C17H21N5O2. The first-order valence-electron chi connectivity index (χ1n) is 8.03. The number of piperidine rings is 1. The minimum absolute atomic E-state index is 0.00945. The van der Waals surface area contributed by atoms with Gasteiger partial charge in [0.05, 0.1) is 6.21 Å². The summed E-state index contributed by atoms with van der Waals surface area (Å²) in [5.74, 6) is 2.18. The highest BCUT2D eigenvalue weighted by Crippen LogP contribution is 2.22. The Morgan fingerprint density at radius 2 is 1.92 bits per heavy atom. The van der Waals surface area contributed by atoms with Crippen molar-refractivity contribution in [2.45, 2.75) is 26.2 Å². The molecule has 7 nitrogen and oxygen atoms in total. The molecule has 0 saturated carbocycles. The lowest BCUT2D eigenvalue weighted by atomic mass is 10.1. The van der Waals surface area contributed by atoms with Gasteiger partial charge in [-0.05, 0) is 38.3 Å². The molecule has 24 heavy (non-hydrogen) atoms. The van der Waals surface area contributed by atoms with E-state index < -0.39 is 0 Å². The maximum absolute atomic E-state index is 9.74. The quantitative estimate of drug-likeness (QED) is 0.590. The minimum Gasteiger partial charge on any atom is -0.508 e. The van der Waals surface area contributed by atoms with E-state index in [1.54, 1.807) is 6.07 Å². The van der Waals surface area contributed by atoms with Gasteiger partial charge in [0, 0.05) is 30.8 Å². The number of hydrogen-bond acceptors (Lipinski definition) is 7. The molecule has 3 N–H and O–H groups in total. The van der Waals surface area contributed by atoms with Crippen molar-refractivity contribution in [3.63, 3.8) is 0 Å². The molecule has 1 aliphatic heterocycles. The maximum atomic E-state index is 9.74. The van der Waals surface area contributed by atoms with E-state index in [-0.39, 0.29) is 11.5 Å². The Morgan fingerprint density at radius 3 is 2.67 bits per heavy atom. The second-order valence-electron chi connectivity index (χ2n) is 5.82. The van der Waals surface area contributed by atoms with E-state index in [9.17, 15) is 10.2 Å². The summed E-state index contributed by atoms with van der Waals surface area (Å²) in [6.07, 6.45) is 5.12. The second kappa shape index (κ2) is 7.16.